The lowest BCUT2D eigenvalue weighted by Crippen LogP contribution is -2.09. The molecule has 0 saturated heterocycles. The van der Waals surface area contributed by atoms with E-state index in [2.05, 4.69) is 0 Å². The Morgan fingerprint density at radius 3 is 1.50 bits per heavy atom. The Morgan fingerprint density at radius 2 is 1.42 bits per heavy atom. The van der Waals surface area contributed by atoms with Crippen molar-refractivity contribution in [2.75, 3.05) is 5.88 Å². The third-order valence-electron chi connectivity index (χ3n) is 1.14. The summed E-state index contributed by atoms with van der Waals surface area (Å²) >= 11 is 5.12. The lowest BCUT2D eigenvalue weighted by molar-refractivity contribution is 0.337. The van der Waals surface area contributed by atoms with E-state index in [1.807, 2.05) is 0 Å². The highest BCUT2D eigenvalue weighted by molar-refractivity contribution is 7.70. The molecule has 0 bridgehead atoms. The molecule has 0 spiro atoms. The van der Waals surface area contributed by atoms with E-state index in [1.165, 1.54) is 0 Å². The highest BCUT2D eigenvalue weighted by atomic mass is 35.5. The van der Waals surface area contributed by atoms with E-state index in [1.54, 1.807) is 0 Å². The third-order valence-corrected chi connectivity index (χ3v) is 5.24. The summed E-state index contributed by atoms with van der Waals surface area (Å²) in [6, 6.07) is 0. The standard InChI is InChI=1S/C3H9ClO6P2/c4-2-1-3(11(5,6)7)12(8,9)10/h3H,1-2H2,(H2,5,6,7)(H2,8,9,10). The molecule has 0 aromatic carbocycles. The molecule has 9 heteroatoms. The summed E-state index contributed by atoms with van der Waals surface area (Å²) in [5.41, 5.74) is 0. The molecule has 0 aromatic rings. The molecule has 0 unspecified atom stereocenters. The summed E-state index contributed by atoms with van der Waals surface area (Å²) in [6.45, 7) is 0. The first-order valence-electron chi connectivity index (χ1n) is 2.86. The minimum Gasteiger partial charge on any atom is -0.324 e. The monoisotopic (exact) mass is 238 g/mol. The van der Waals surface area contributed by atoms with E-state index < -0.39 is 27.0 Å². The molecule has 0 heterocycles. The molecule has 0 radical (unpaired) electrons. The highest BCUT2D eigenvalue weighted by Gasteiger charge is 2.42. The van der Waals surface area contributed by atoms with Crippen molar-refractivity contribution in [1.82, 2.24) is 0 Å². The van der Waals surface area contributed by atoms with Gasteiger partial charge in [-0.2, -0.15) is 0 Å². The summed E-state index contributed by atoms with van der Waals surface area (Å²) < 4.78 is 21.0. The number of rotatable bonds is 4. The van der Waals surface area contributed by atoms with Crippen LogP contribution < -0.4 is 0 Å². The van der Waals surface area contributed by atoms with E-state index in [0.717, 1.165) is 0 Å². The Balaban J connectivity index is 4.70. The molecular weight excluding hydrogens is 229 g/mol. The average Bonchev–Trinajstić information content (AvgIpc) is 1.77. The van der Waals surface area contributed by atoms with Gasteiger partial charge in [-0.1, -0.05) is 0 Å². The van der Waals surface area contributed by atoms with Gasteiger partial charge in [0.15, 0.2) is 5.40 Å². The molecule has 0 aliphatic heterocycles. The SMILES string of the molecule is O=P(O)(O)C(CCCl)P(=O)(O)O. The molecule has 0 aliphatic rings. The van der Waals surface area contributed by atoms with E-state index in [0.29, 0.717) is 0 Å². The van der Waals surface area contributed by atoms with Gasteiger partial charge in [-0.3, -0.25) is 9.13 Å². The van der Waals surface area contributed by atoms with Crippen molar-refractivity contribution in [1.29, 1.82) is 0 Å². The summed E-state index contributed by atoms with van der Waals surface area (Å²) in [4.78, 5) is 34.0. The maximum atomic E-state index is 10.5. The van der Waals surface area contributed by atoms with Crippen molar-refractivity contribution in [2.45, 2.75) is 11.8 Å². The van der Waals surface area contributed by atoms with Crippen molar-refractivity contribution in [2.24, 2.45) is 0 Å². The first kappa shape index (κ1) is 12.6. The topological polar surface area (TPSA) is 115 Å². The summed E-state index contributed by atoms with van der Waals surface area (Å²) in [5.74, 6) is -0.207. The number of hydrogen-bond acceptors (Lipinski definition) is 2. The molecule has 0 amide bonds. The van der Waals surface area contributed by atoms with Crippen LogP contribution in [-0.4, -0.2) is 30.9 Å². The van der Waals surface area contributed by atoms with Crippen molar-refractivity contribution in [3.63, 3.8) is 0 Å². The van der Waals surface area contributed by atoms with Gasteiger partial charge in [0.1, 0.15) is 0 Å². The fraction of sp³-hybridized carbons (Fsp3) is 1.00. The smallest absolute Gasteiger partial charge is 0.324 e. The minimum atomic E-state index is -4.76. The molecule has 0 saturated carbocycles. The van der Waals surface area contributed by atoms with Crippen LogP contribution in [0.4, 0.5) is 0 Å². The Kier molecular flexibility index (Phi) is 4.41. The van der Waals surface area contributed by atoms with Gasteiger partial charge < -0.3 is 19.6 Å². The molecule has 74 valence electrons. The van der Waals surface area contributed by atoms with Gasteiger partial charge in [0.05, 0.1) is 0 Å². The van der Waals surface area contributed by atoms with Gasteiger partial charge >= 0.3 is 15.2 Å². The molecule has 0 fully saturated rings. The zero-order valence-electron chi connectivity index (χ0n) is 5.87. The van der Waals surface area contributed by atoms with E-state index >= 15 is 0 Å². The predicted molar refractivity (Wildman–Crippen MR) is 43.2 cm³/mol. The second kappa shape index (κ2) is 4.20. The lowest BCUT2D eigenvalue weighted by Gasteiger charge is -2.17. The number of hydrogen-bond donors (Lipinski definition) is 4. The van der Waals surface area contributed by atoms with Gasteiger partial charge in [0.2, 0.25) is 0 Å². The number of halogens is 1. The van der Waals surface area contributed by atoms with E-state index in [4.69, 9.17) is 31.2 Å². The zero-order chi connectivity index (χ0) is 9.99. The van der Waals surface area contributed by atoms with Crippen LogP contribution in [0.25, 0.3) is 0 Å². The maximum absolute atomic E-state index is 10.5. The van der Waals surface area contributed by atoms with Crippen LogP contribution in [0.1, 0.15) is 6.42 Å². The van der Waals surface area contributed by atoms with Crippen LogP contribution in [0.5, 0.6) is 0 Å². The average molecular weight is 238 g/mol. The Bertz CT molecular complexity index is 207. The third kappa shape index (κ3) is 4.01. The van der Waals surface area contributed by atoms with E-state index in [-0.39, 0.29) is 5.88 Å². The van der Waals surface area contributed by atoms with Gasteiger partial charge in [-0.25, -0.2) is 0 Å². The van der Waals surface area contributed by atoms with Crippen molar-refractivity contribution >= 4 is 26.8 Å². The molecule has 4 N–H and O–H groups in total. The van der Waals surface area contributed by atoms with Crippen molar-refractivity contribution in [3.05, 3.63) is 0 Å². The van der Waals surface area contributed by atoms with Crippen LogP contribution in [0, 0.1) is 0 Å². The zero-order valence-corrected chi connectivity index (χ0v) is 8.41. The van der Waals surface area contributed by atoms with Crippen LogP contribution in [0.2, 0.25) is 0 Å². The summed E-state index contributed by atoms with van der Waals surface area (Å²) in [6.07, 6.45) is -0.407. The predicted octanol–water partition coefficient (Wildman–Crippen LogP) is 0.297. The van der Waals surface area contributed by atoms with Crippen LogP contribution >= 0.6 is 26.8 Å². The van der Waals surface area contributed by atoms with Crippen molar-refractivity contribution < 1.29 is 28.7 Å². The Morgan fingerprint density at radius 1 is 1.08 bits per heavy atom. The summed E-state index contributed by atoms with van der Waals surface area (Å²) in [7, 11) is -9.52. The molecular formula is C3H9ClO6P2. The van der Waals surface area contributed by atoms with Gasteiger partial charge in [-0.05, 0) is 6.42 Å². The van der Waals surface area contributed by atoms with Gasteiger partial charge in [-0.15, -0.1) is 11.6 Å². The second-order valence-electron chi connectivity index (χ2n) is 2.14. The van der Waals surface area contributed by atoms with Gasteiger partial charge in [0, 0.05) is 5.88 Å². The largest absolute Gasteiger partial charge is 0.340 e. The Hall–Kier alpha value is 0.590. The molecule has 0 atom stereocenters. The summed E-state index contributed by atoms with van der Waals surface area (Å²) in [5, 5.41) is -1.97. The molecule has 6 nitrogen and oxygen atoms in total. The first-order chi connectivity index (χ1) is 5.19. The lowest BCUT2D eigenvalue weighted by atomic mass is 10.6. The normalized spacial score (nSPS) is 13.8. The highest BCUT2D eigenvalue weighted by Crippen LogP contribution is 2.61. The minimum absolute atomic E-state index is 0.207. The molecule has 0 rings (SSSR count). The fourth-order valence-corrected chi connectivity index (χ4v) is 3.65. The first-order valence-corrected chi connectivity index (χ1v) is 6.75. The van der Waals surface area contributed by atoms with Crippen LogP contribution in [0.3, 0.4) is 0 Å². The molecule has 12 heavy (non-hydrogen) atoms. The van der Waals surface area contributed by atoms with E-state index in [9.17, 15) is 9.13 Å². The van der Waals surface area contributed by atoms with Crippen LogP contribution in [-0.2, 0) is 9.13 Å². The Labute approximate surface area is 73.9 Å². The maximum Gasteiger partial charge on any atom is 0.340 e. The molecule has 0 aromatic heterocycles. The fourth-order valence-electron chi connectivity index (χ4n) is 0.630. The second-order valence-corrected chi connectivity index (χ2v) is 6.52. The van der Waals surface area contributed by atoms with Gasteiger partial charge in [0.25, 0.3) is 0 Å². The van der Waals surface area contributed by atoms with Crippen LogP contribution in [0.15, 0.2) is 0 Å². The number of alkyl halides is 1. The molecule has 0 aliphatic carbocycles. The van der Waals surface area contributed by atoms with Crippen molar-refractivity contribution in [3.8, 4) is 0 Å². The quantitative estimate of drug-likeness (QED) is 0.413.